The van der Waals surface area contributed by atoms with Gasteiger partial charge in [-0.1, -0.05) is 18.9 Å². The molecule has 116 valence electrons. The second-order valence-electron chi connectivity index (χ2n) is 5.91. The first-order valence-electron chi connectivity index (χ1n) is 7.71. The Hall–Kier alpha value is -1.62. The Morgan fingerprint density at radius 2 is 2.24 bits per heavy atom. The molecule has 1 aliphatic rings. The number of rotatable bonds is 5. The minimum absolute atomic E-state index is 0.0148. The lowest BCUT2D eigenvalue weighted by Gasteiger charge is -2.27. The summed E-state index contributed by atoms with van der Waals surface area (Å²) in [5.41, 5.74) is 6.94. The van der Waals surface area contributed by atoms with Crippen molar-refractivity contribution in [1.82, 2.24) is 10.3 Å². The number of ether oxygens (including phenoxy) is 1. The average Bonchev–Trinajstić information content (AvgIpc) is 2.46. The maximum Gasteiger partial charge on any atom is 0.224 e. The van der Waals surface area contributed by atoms with Crippen molar-refractivity contribution in [1.29, 1.82) is 0 Å². The molecule has 1 amide bonds. The summed E-state index contributed by atoms with van der Waals surface area (Å²) in [6, 6.07) is 3.76. The molecule has 1 saturated carbocycles. The van der Waals surface area contributed by atoms with Crippen LogP contribution in [0.3, 0.4) is 0 Å². The van der Waals surface area contributed by atoms with Crippen molar-refractivity contribution >= 4 is 5.91 Å². The van der Waals surface area contributed by atoms with E-state index in [1.807, 2.05) is 26.0 Å². The molecular weight excluding hydrogens is 266 g/mol. The van der Waals surface area contributed by atoms with Gasteiger partial charge in [-0.05, 0) is 32.8 Å². The molecule has 0 aliphatic heterocycles. The van der Waals surface area contributed by atoms with E-state index < -0.39 is 0 Å². The Labute approximate surface area is 126 Å². The van der Waals surface area contributed by atoms with Crippen molar-refractivity contribution < 1.29 is 9.53 Å². The summed E-state index contributed by atoms with van der Waals surface area (Å²) >= 11 is 0. The van der Waals surface area contributed by atoms with Gasteiger partial charge < -0.3 is 15.8 Å². The molecule has 21 heavy (non-hydrogen) atoms. The fraction of sp³-hybridized carbons (Fsp3) is 0.625. The Kier molecular flexibility index (Phi) is 5.56. The quantitative estimate of drug-likeness (QED) is 0.870. The molecule has 1 aliphatic carbocycles. The van der Waals surface area contributed by atoms with Crippen LogP contribution >= 0.6 is 0 Å². The Bertz CT molecular complexity index is 476. The lowest BCUT2D eigenvalue weighted by atomic mass is 9.84. The van der Waals surface area contributed by atoms with Gasteiger partial charge in [0.2, 0.25) is 11.8 Å². The van der Waals surface area contributed by atoms with Crippen LogP contribution in [0.5, 0.6) is 5.88 Å². The number of pyridine rings is 1. The molecule has 2 unspecified atom stereocenters. The maximum atomic E-state index is 12.3. The van der Waals surface area contributed by atoms with Gasteiger partial charge in [0.05, 0.1) is 12.0 Å². The molecule has 0 spiro atoms. The third-order valence-corrected chi connectivity index (χ3v) is 3.81. The summed E-state index contributed by atoms with van der Waals surface area (Å²) < 4.78 is 5.66. The minimum Gasteiger partial charge on any atom is -0.475 e. The van der Waals surface area contributed by atoms with Crippen molar-refractivity contribution in [2.45, 2.75) is 58.2 Å². The second kappa shape index (κ2) is 7.41. The maximum absolute atomic E-state index is 12.3. The highest BCUT2D eigenvalue weighted by Crippen LogP contribution is 2.23. The number of hydrogen-bond donors (Lipinski definition) is 2. The molecule has 1 heterocycles. The standard InChI is InChI=1S/C16H25N3O2/c1-11(2)21-16-12(6-5-9-18-16)10-19-15(20)13-7-3-4-8-14(13)17/h5-6,9,11,13-14H,3-4,7-8,10,17H2,1-2H3,(H,19,20). The van der Waals surface area contributed by atoms with Gasteiger partial charge >= 0.3 is 0 Å². The molecule has 0 saturated heterocycles. The number of carbonyl (C=O) groups is 1. The van der Waals surface area contributed by atoms with Crippen molar-refractivity contribution in [3.8, 4) is 5.88 Å². The second-order valence-corrected chi connectivity index (χ2v) is 5.91. The van der Waals surface area contributed by atoms with E-state index in [9.17, 15) is 4.79 Å². The van der Waals surface area contributed by atoms with Gasteiger partial charge in [0.1, 0.15) is 0 Å². The molecule has 0 bridgehead atoms. The molecule has 1 fully saturated rings. The van der Waals surface area contributed by atoms with E-state index in [2.05, 4.69) is 10.3 Å². The van der Waals surface area contributed by atoms with Gasteiger partial charge in [-0.15, -0.1) is 0 Å². The number of aromatic nitrogens is 1. The van der Waals surface area contributed by atoms with Crippen LogP contribution in [0.15, 0.2) is 18.3 Å². The largest absolute Gasteiger partial charge is 0.475 e. The topological polar surface area (TPSA) is 77.2 Å². The summed E-state index contributed by atoms with van der Waals surface area (Å²) in [7, 11) is 0. The van der Waals surface area contributed by atoms with E-state index in [4.69, 9.17) is 10.5 Å². The van der Waals surface area contributed by atoms with Crippen LogP contribution in [0.4, 0.5) is 0 Å². The normalized spacial score (nSPS) is 22.1. The Morgan fingerprint density at radius 1 is 1.48 bits per heavy atom. The highest BCUT2D eigenvalue weighted by molar-refractivity contribution is 5.79. The van der Waals surface area contributed by atoms with Crippen molar-refractivity contribution in [3.63, 3.8) is 0 Å². The first-order chi connectivity index (χ1) is 10.1. The summed E-state index contributed by atoms with van der Waals surface area (Å²) in [5, 5.41) is 2.97. The number of hydrogen-bond acceptors (Lipinski definition) is 4. The number of carbonyl (C=O) groups excluding carboxylic acids is 1. The zero-order valence-electron chi connectivity index (χ0n) is 12.8. The first kappa shape index (κ1) is 15.8. The highest BCUT2D eigenvalue weighted by Gasteiger charge is 2.28. The van der Waals surface area contributed by atoms with Crippen LogP contribution in [0.25, 0.3) is 0 Å². The van der Waals surface area contributed by atoms with E-state index in [0.29, 0.717) is 12.4 Å². The monoisotopic (exact) mass is 291 g/mol. The van der Waals surface area contributed by atoms with Gasteiger partial charge in [-0.2, -0.15) is 0 Å². The van der Waals surface area contributed by atoms with E-state index >= 15 is 0 Å². The van der Waals surface area contributed by atoms with Crippen LogP contribution in [0.2, 0.25) is 0 Å². The van der Waals surface area contributed by atoms with Crippen LogP contribution < -0.4 is 15.8 Å². The number of nitrogens with zero attached hydrogens (tertiary/aromatic N) is 1. The van der Waals surface area contributed by atoms with Crippen LogP contribution in [-0.4, -0.2) is 23.0 Å². The Morgan fingerprint density at radius 3 is 2.95 bits per heavy atom. The van der Waals surface area contributed by atoms with Gasteiger partial charge in [0, 0.05) is 24.3 Å². The lowest BCUT2D eigenvalue weighted by Crippen LogP contribution is -2.43. The zero-order chi connectivity index (χ0) is 15.2. The predicted octanol–water partition coefficient (Wildman–Crippen LogP) is 2.00. The van der Waals surface area contributed by atoms with E-state index in [1.165, 1.54) is 0 Å². The van der Waals surface area contributed by atoms with E-state index in [0.717, 1.165) is 31.2 Å². The third kappa shape index (κ3) is 4.43. The molecule has 2 atom stereocenters. The molecule has 0 radical (unpaired) electrons. The molecule has 1 aromatic rings. The molecule has 2 rings (SSSR count). The molecule has 1 aromatic heterocycles. The number of nitrogens with two attached hydrogens (primary N) is 1. The molecule has 0 aromatic carbocycles. The van der Waals surface area contributed by atoms with E-state index in [1.54, 1.807) is 6.20 Å². The minimum atomic E-state index is -0.0649. The fourth-order valence-corrected chi connectivity index (χ4v) is 2.69. The predicted molar refractivity (Wildman–Crippen MR) is 81.8 cm³/mol. The van der Waals surface area contributed by atoms with Gasteiger partial charge in [0.25, 0.3) is 0 Å². The molecule has 3 N–H and O–H groups in total. The SMILES string of the molecule is CC(C)Oc1ncccc1CNC(=O)C1CCCCC1N. The van der Waals surface area contributed by atoms with Crippen molar-refractivity contribution in [2.75, 3.05) is 0 Å². The summed E-state index contributed by atoms with van der Waals surface area (Å²) in [5.74, 6) is 0.562. The van der Waals surface area contributed by atoms with Gasteiger partial charge in [0.15, 0.2) is 0 Å². The number of nitrogens with one attached hydrogen (secondary N) is 1. The smallest absolute Gasteiger partial charge is 0.224 e. The van der Waals surface area contributed by atoms with Crippen LogP contribution in [0, 0.1) is 5.92 Å². The van der Waals surface area contributed by atoms with Crippen LogP contribution in [0.1, 0.15) is 45.1 Å². The van der Waals surface area contributed by atoms with Crippen LogP contribution in [-0.2, 0) is 11.3 Å². The fourth-order valence-electron chi connectivity index (χ4n) is 2.69. The summed E-state index contributed by atoms with van der Waals surface area (Å²) in [6.45, 7) is 4.34. The summed E-state index contributed by atoms with van der Waals surface area (Å²) in [4.78, 5) is 16.5. The average molecular weight is 291 g/mol. The van der Waals surface area contributed by atoms with E-state index in [-0.39, 0.29) is 24.0 Å². The lowest BCUT2D eigenvalue weighted by molar-refractivity contribution is -0.126. The van der Waals surface area contributed by atoms with Crippen molar-refractivity contribution in [3.05, 3.63) is 23.9 Å². The Balaban J connectivity index is 1.94. The van der Waals surface area contributed by atoms with Gasteiger partial charge in [-0.25, -0.2) is 4.98 Å². The molecule has 5 heteroatoms. The molecule has 5 nitrogen and oxygen atoms in total. The van der Waals surface area contributed by atoms with Gasteiger partial charge in [-0.3, -0.25) is 4.79 Å². The first-order valence-corrected chi connectivity index (χ1v) is 7.71. The number of amides is 1. The molecular formula is C16H25N3O2. The zero-order valence-corrected chi connectivity index (χ0v) is 12.8. The van der Waals surface area contributed by atoms with Crippen molar-refractivity contribution in [2.24, 2.45) is 11.7 Å². The summed E-state index contributed by atoms with van der Waals surface area (Å²) in [6.07, 6.45) is 5.78. The highest BCUT2D eigenvalue weighted by atomic mass is 16.5. The third-order valence-electron chi connectivity index (χ3n) is 3.81.